The van der Waals surface area contributed by atoms with Gasteiger partial charge in [-0.15, -0.1) is 0 Å². The molecule has 0 spiro atoms. The molecule has 142 valence electrons. The molecule has 0 radical (unpaired) electrons. The first-order chi connectivity index (χ1) is 12.6. The Bertz CT molecular complexity index is 620. The topological polar surface area (TPSA) is 70.7 Å². The molecule has 2 N–H and O–H groups in total. The van der Waals surface area contributed by atoms with Gasteiger partial charge in [0, 0.05) is 44.4 Å². The second-order valence-corrected chi connectivity index (χ2v) is 7.22. The van der Waals surface area contributed by atoms with E-state index in [1.54, 1.807) is 0 Å². The van der Waals surface area contributed by atoms with Crippen LogP contribution in [-0.2, 0) is 14.3 Å². The largest absolute Gasteiger partial charge is 0.368 e. The van der Waals surface area contributed by atoms with Crippen molar-refractivity contribution in [1.82, 2.24) is 10.2 Å². The quantitative estimate of drug-likeness (QED) is 0.816. The van der Waals surface area contributed by atoms with Gasteiger partial charge < -0.3 is 20.3 Å². The van der Waals surface area contributed by atoms with Gasteiger partial charge in [0.2, 0.25) is 5.91 Å². The zero-order valence-corrected chi connectivity index (χ0v) is 15.5. The van der Waals surface area contributed by atoms with Gasteiger partial charge in [-0.05, 0) is 50.3 Å². The standard InChI is InChI=1S/C20H29N3O3/c1-15-4-2-5-17(14-15)22-19(24)7-10-21-16-8-11-23(12-9-16)20(25)18-6-3-13-26-18/h2,4-5,14,16,18,21H,3,6-13H2,1H3,(H,22,24)/t18-/m0/s1. The van der Waals surface area contributed by atoms with E-state index in [2.05, 4.69) is 10.6 Å². The Morgan fingerprint density at radius 3 is 2.73 bits per heavy atom. The lowest BCUT2D eigenvalue weighted by Gasteiger charge is -2.33. The molecule has 2 aliphatic heterocycles. The second kappa shape index (κ2) is 9.14. The molecular weight excluding hydrogens is 330 g/mol. The molecule has 0 aliphatic carbocycles. The fourth-order valence-electron chi connectivity index (χ4n) is 3.62. The van der Waals surface area contributed by atoms with Gasteiger partial charge in [-0.25, -0.2) is 0 Å². The highest BCUT2D eigenvalue weighted by atomic mass is 16.5. The fraction of sp³-hybridized carbons (Fsp3) is 0.600. The van der Waals surface area contributed by atoms with Crippen LogP contribution < -0.4 is 10.6 Å². The van der Waals surface area contributed by atoms with Gasteiger partial charge in [0.25, 0.3) is 5.91 Å². The summed E-state index contributed by atoms with van der Waals surface area (Å²) in [5, 5.41) is 6.38. The molecule has 2 aliphatic rings. The summed E-state index contributed by atoms with van der Waals surface area (Å²) in [6.45, 7) is 4.91. The molecule has 3 rings (SSSR count). The van der Waals surface area contributed by atoms with Crippen molar-refractivity contribution in [2.24, 2.45) is 0 Å². The summed E-state index contributed by atoms with van der Waals surface area (Å²) in [5.74, 6) is 0.174. The first-order valence-electron chi connectivity index (χ1n) is 9.62. The van der Waals surface area contributed by atoms with Gasteiger partial charge in [0.05, 0.1) is 0 Å². The van der Waals surface area contributed by atoms with Gasteiger partial charge in [-0.2, -0.15) is 0 Å². The van der Waals surface area contributed by atoms with Crippen LogP contribution in [0.15, 0.2) is 24.3 Å². The lowest BCUT2D eigenvalue weighted by Crippen LogP contribution is -2.48. The van der Waals surface area contributed by atoms with Crippen molar-refractivity contribution < 1.29 is 14.3 Å². The van der Waals surface area contributed by atoms with Crippen LogP contribution in [0, 0.1) is 6.92 Å². The number of piperidine rings is 1. The number of nitrogens with one attached hydrogen (secondary N) is 2. The third-order valence-electron chi connectivity index (χ3n) is 5.10. The molecule has 2 saturated heterocycles. The van der Waals surface area contributed by atoms with E-state index in [1.807, 2.05) is 36.1 Å². The van der Waals surface area contributed by atoms with Crippen molar-refractivity contribution in [3.63, 3.8) is 0 Å². The molecular formula is C20H29N3O3. The minimum Gasteiger partial charge on any atom is -0.368 e. The van der Waals surface area contributed by atoms with Crippen molar-refractivity contribution in [3.05, 3.63) is 29.8 Å². The Morgan fingerprint density at radius 1 is 1.23 bits per heavy atom. The first kappa shape index (κ1) is 18.9. The molecule has 6 heteroatoms. The zero-order chi connectivity index (χ0) is 18.4. The van der Waals surface area contributed by atoms with E-state index in [0.29, 0.717) is 25.6 Å². The van der Waals surface area contributed by atoms with E-state index in [4.69, 9.17) is 4.74 Å². The number of benzene rings is 1. The van der Waals surface area contributed by atoms with E-state index in [9.17, 15) is 9.59 Å². The van der Waals surface area contributed by atoms with Gasteiger partial charge in [-0.1, -0.05) is 12.1 Å². The number of rotatable bonds is 6. The van der Waals surface area contributed by atoms with E-state index in [0.717, 1.165) is 50.0 Å². The van der Waals surface area contributed by atoms with Crippen molar-refractivity contribution in [3.8, 4) is 0 Å². The van der Waals surface area contributed by atoms with Crippen molar-refractivity contribution in [1.29, 1.82) is 0 Å². The molecule has 0 unspecified atom stereocenters. The third-order valence-corrected chi connectivity index (χ3v) is 5.10. The number of anilines is 1. The Morgan fingerprint density at radius 2 is 2.04 bits per heavy atom. The maximum Gasteiger partial charge on any atom is 0.251 e. The highest BCUT2D eigenvalue weighted by molar-refractivity contribution is 5.90. The molecule has 0 bridgehead atoms. The van der Waals surface area contributed by atoms with Crippen LogP contribution in [-0.4, -0.2) is 55.1 Å². The molecule has 2 fully saturated rings. The lowest BCUT2D eigenvalue weighted by atomic mass is 10.0. The molecule has 1 atom stereocenters. The molecule has 0 aromatic heterocycles. The van der Waals surface area contributed by atoms with E-state index < -0.39 is 0 Å². The van der Waals surface area contributed by atoms with Crippen LogP contribution in [0.2, 0.25) is 0 Å². The Kier molecular flexibility index (Phi) is 6.63. The van der Waals surface area contributed by atoms with Crippen molar-refractivity contribution >= 4 is 17.5 Å². The summed E-state index contributed by atoms with van der Waals surface area (Å²) >= 11 is 0. The van der Waals surface area contributed by atoms with E-state index >= 15 is 0 Å². The van der Waals surface area contributed by atoms with E-state index in [1.165, 1.54) is 0 Å². The number of aryl methyl sites for hydroxylation is 1. The monoisotopic (exact) mass is 359 g/mol. The maximum absolute atomic E-state index is 12.3. The van der Waals surface area contributed by atoms with Crippen molar-refractivity contribution in [2.45, 2.75) is 51.2 Å². The molecule has 2 heterocycles. The first-order valence-corrected chi connectivity index (χ1v) is 9.62. The van der Waals surface area contributed by atoms with E-state index in [-0.39, 0.29) is 17.9 Å². The Labute approximate surface area is 155 Å². The van der Waals surface area contributed by atoms with Crippen LogP contribution in [0.25, 0.3) is 0 Å². The average molecular weight is 359 g/mol. The normalized spacial score (nSPS) is 21.0. The predicted molar refractivity (Wildman–Crippen MR) is 101 cm³/mol. The van der Waals surface area contributed by atoms with Gasteiger partial charge in [-0.3, -0.25) is 9.59 Å². The summed E-state index contributed by atoms with van der Waals surface area (Å²) in [6, 6.07) is 8.18. The molecule has 1 aromatic carbocycles. The highest BCUT2D eigenvalue weighted by Crippen LogP contribution is 2.18. The molecule has 0 saturated carbocycles. The smallest absolute Gasteiger partial charge is 0.251 e. The van der Waals surface area contributed by atoms with Crippen LogP contribution in [0.1, 0.15) is 37.7 Å². The van der Waals surface area contributed by atoms with Crippen LogP contribution in [0.5, 0.6) is 0 Å². The maximum atomic E-state index is 12.3. The minimum absolute atomic E-state index is 0.0223. The molecule has 6 nitrogen and oxygen atoms in total. The Hall–Kier alpha value is -1.92. The number of hydrogen-bond donors (Lipinski definition) is 2. The summed E-state index contributed by atoms with van der Waals surface area (Å²) in [6.07, 6.45) is 3.93. The highest BCUT2D eigenvalue weighted by Gasteiger charge is 2.30. The number of likely N-dealkylation sites (tertiary alicyclic amines) is 1. The third kappa shape index (κ3) is 5.29. The number of nitrogens with zero attached hydrogens (tertiary/aromatic N) is 1. The summed E-state index contributed by atoms with van der Waals surface area (Å²) in [4.78, 5) is 26.3. The van der Waals surface area contributed by atoms with Crippen LogP contribution in [0.4, 0.5) is 5.69 Å². The Balaban J connectivity index is 1.32. The number of amides is 2. The second-order valence-electron chi connectivity index (χ2n) is 7.22. The summed E-state index contributed by atoms with van der Waals surface area (Å²) in [7, 11) is 0. The molecule has 1 aromatic rings. The van der Waals surface area contributed by atoms with Gasteiger partial charge in [0.1, 0.15) is 6.10 Å². The summed E-state index contributed by atoms with van der Waals surface area (Å²) in [5.41, 5.74) is 1.97. The van der Waals surface area contributed by atoms with Crippen LogP contribution >= 0.6 is 0 Å². The number of carbonyl (C=O) groups is 2. The lowest BCUT2D eigenvalue weighted by molar-refractivity contribution is -0.142. The number of hydrogen-bond acceptors (Lipinski definition) is 4. The molecule has 2 amide bonds. The fourth-order valence-corrected chi connectivity index (χ4v) is 3.62. The number of carbonyl (C=O) groups excluding carboxylic acids is 2. The van der Waals surface area contributed by atoms with Gasteiger partial charge >= 0.3 is 0 Å². The SMILES string of the molecule is Cc1cccc(NC(=O)CCNC2CCN(C(=O)[C@@H]3CCCO3)CC2)c1. The number of ether oxygens (including phenoxy) is 1. The predicted octanol–water partition coefficient (Wildman–Crippen LogP) is 2.08. The van der Waals surface area contributed by atoms with Crippen molar-refractivity contribution in [2.75, 3.05) is 31.6 Å². The average Bonchev–Trinajstić information content (AvgIpc) is 3.16. The zero-order valence-electron chi connectivity index (χ0n) is 15.5. The minimum atomic E-state index is -0.218. The summed E-state index contributed by atoms with van der Waals surface area (Å²) < 4.78 is 5.49. The molecule has 26 heavy (non-hydrogen) atoms. The van der Waals surface area contributed by atoms with Crippen LogP contribution in [0.3, 0.4) is 0 Å². The van der Waals surface area contributed by atoms with Gasteiger partial charge in [0.15, 0.2) is 0 Å².